The molecule has 1 rings (SSSR count). The van der Waals surface area contributed by atoms with Crippen LogP contribution in [0, 0.1) is 0 Å². The first-order valence-electron chi connectivity index (χ1n) is 3.38. The first-order valence-corrected chi connectivity index (χ1v) is 3.85. The monoisotopic (exact) mass is 188 g/mol. The number of urea groups is 1. The van der Waals surface area contributed by atoms with Crippen molar-refractivity contribution in [1.82, 2.24) is 10.6 Å². The van der Waals surface area contributed by atoms with Gasteiger partial charge in [-0.15, -0.1) is 0 Å². The summed E-state index contributed by atoms with van der Waals surface area (Å²) in [5.41, 5.74) is 0. The predicted octanol–water partition coefficient (Wildman–Crippen LogP) is -0.489. The van der Waals surface area contributed by atoms with Gasteiger partial charge < -0.3 is 15.7 Å². The highest BCUT2D eigenvalue weighted by Crippen LogP contribution is 2.02. The van der Waals surface area contributed by atoms with E-state index < -0.39 is 18.0 Å². The fourth-order valence-electron chi connectivity index (χ4n) is 0.992. The summed E-state index contributed by atoms with van der Waals surface area (Å²) in [7, 11) is 0. The van der Waals surface area contributed by atoms with Crippen molar-refractivity contribution < 1.29 is 14.7 Å². The molecular formula is C6H8N2O3S. The van der Waals surface area contributed by atoms with Crippen LogP contribution in [0.4, 0.5) is 4.79 Å². The van der Waals surface area contributed by atoms with E-state index in [1.54, 1.807) is 0 Å². The van der Waals surface area contributed by atoms with Gasteiger partial charge >= 0.3 is 12.0 Å². The molecule has 0 aromatic heterocycles. The second kappa shape index (κ2) is 3.48. The van der Waals surface area contributed by atoms with Gasteiger partial charge in [-0.25, -0.2) is 9.59 Å². The van der Waals surface area contributed by atoms with E-state index in [4.69, 9.17) is 5.11 Å². The average Bonchev–Trinajstić information content (AvgIpc) is 2.03. The van der Waals surface area contributed by atoms with Crippen LogP contribution in [0.15, 0.2) is 0 Å². The molecular weight excluding hydrogens is 180 g/mol. The fourth-order valence-corrected chi connectivity index (χ4v) is 1.17. The smallest absolute Gasteiger partial charge is 0.326 e. The van der Waals surface area contributed by atoms with Crippen molar-refractivity contribution in [3.8, 4) is 0 Å². The summed E-state index contributed by atoms with van der Waals surface area (Å²) < 4.78 is 0. The van der Waals surface area contributed by atoms with Crippen molar-refractivity contribution in [2.45, 2.75) is 18.5 Å². The molecule has 2 amide bonds. The van der Waals surface area contributed by atoms with Crippen molar-refractivity contribution in [3.05, 3.63) is 0 Å². The largest absolute Gasteiger partial charge is 0.480 e. The number of carbonyl (C=O) groups excluding carboxylic acids is 1. The molecule has 2 unspecified atom stereocenters. The molecule has 0 aromatic carbocycles. The third kappa shape index (κ3) is 1.91. The first kappa shape index (κ1) is 8.92. The SMILES string of the molecule is O=C1NC(C=S)CC(C(=O)O)N1. The minimum atomic E-state index is -1.04. The molecule has 1 saturated heterocycles. The van der Waals surface area contributed by atoms with E-state index in [2.05, 4.69) is 22.9 Å². The molecule has 6 heteroatoms. The van der Waals surface area contributed by atoms with E-state index in [9.17, 15) is 9.59 Å². The molecule has 0 aromatic rings. The number of hydrogen-bond donors (Lipinski definition) is 3. The van der Waals surface area contributed by atoms with E-state index >= 15 is 0 Å². The summed E-state index contributed by atoms with van der Waals surface area (Å²) in [4.78, 5) is 21.3. The van der Waals surface area contributed by atoms with Crippen LogP contribution in [0.2, 0.25) is 0 Å². The number of nitrogens with one attached hydrogen (secondary N) is 2. The lowest BCUT2D eigenvalue weighted by molar-refractivity contribution is -0.139. The Balaban J connectivity index is 2.62. The summed E-state index contributed by atoms with van der Waals surface area (Å²) in [5, 5.41) is 14.7. The van der Waals surface area contributed by atoms with Gasteiger partial charge in [0.25, 0.3) is 0 Å². The van der Waals surface area contributed by atoms with Crippen LogP contribution in [0.25, 0.3) is 0 Å². The summed E-state index contributed by atoms with van der Waals surface area (Å²) >= 11 is 4.60. The lowest BCUT2D eigenvalue weighted by atomic mass is 10.1. The molecule has 0 bridgehead atoms. The highest BCUT2D eigenvalue weighted by atomic mass is 32.1. The van der Waals surface area contributed by atoms with Gasteiger partial charge in [0.2, 0.25) is 0 Å². The van der Waals surface area contributed by atoms with Crippen LogP contribution >= 0.6 is 12.2 Å². The standard InChI is InChI=1S/C6H8N2O3S/c9-5(10)4-1-3(2-12)7-6(11)8-4/h2-4H,1H2,(H,9,10)(H2,7,8,11). The zero-order chi connectivity index (χ0) is 9.14. The van der Waals surface area contributed by atoms with E-state index in [0.29, 0.717) is 6.42 Å². The summed E-state index contributed by atoms with van der Waals surface area (Å²) in [6, 6.07) is -1.64. The molecule has 66 valence electrons. The van der Waals surface area contributed by atoms with Crippen LogP contribution in [0.5, 0.6) is 0 Å². The maximum Gasteiger partial charge on any atom is 0.326 e. The summed E-state index contributed by atoms with van der Waals surface area (Å²) in [5.74, 6) is -1.04. The lowest BCUT2D eigenvalue weighted by Crippen LogP contribution is -2.57. The normalized spacial score (nSPS) is 28.5. The van der Waals surface area contributed by atoms with Crippen molar-refractivity contribution >= 4 is 29.6 Å². The van der Waals surface area contributed by atoms with Gasteiger partial charge in [0.1, 0.15) is 6.04 Å². The molecule has 1 fully saturated rings. The number of aliphatic carboxylic acids is 1. The Bertz CT molecular complexity index is 231. The van der Waals surface area contributed by atoms with E-state index in [0.717, 1.165) is 0 Å². The number of carboxylic acid groups (broad SMARTS) is 1. The van der Waals surface area contributed by atoms with E-state index in [1.165, 1.54) is 5.37 Å². The molecule has 5 nitrogen and oxygen atoms in total. The molecule has 12 heavy (non-hydrogen) atoms. The van der Waals surface area contributed by atoms with Crippen LogP contribution in [0.1, 0.15) is 6.42 Å². The Morgan fingerprint density at radius 3 is 2.83 bits per heavy atom. The number of carboxylic acids is 1. The van der Waals surface area contributed by atoms with Crippen LogP contribution in [0.3, 0.4) is 0 Å². The Hall–Kier alpha value is -1.17. The van der Waals surface area contributed by atoms with E-state index in [1.807, 2.05) is 0 Å². The third-order valence-electron chi connectivity index (χ3n) is 1.57. The minimum Gasteiger partial charge on any atom is -0.480 e. The Labute approximate surface area is 74.1 Å². The Kier molecular flexibility index (Phi) is 2.59. The number of amides is 2. The van der Waals surface area contributed by atoms with Gasteiger partial charge in [0, 0.05) is 11.8 Å². The quantitative estimate of drug-likeness (QED) is 0.511. The summed E-state index contributed by atoms with van der Waals surface area (Å²) in [6.07, 6.45) is 0.296. The van der Waals surface area contributed by atoms with Crippen molar-refractivity contribution in [3.63, 3.8) is 0 Å². The highest BCUT2D eigenvalue weighted by Gasteiger charge is 2.28. The van der Waals surface area contributed by atoms with Gasteiger partial charge in [0.15, 0.2) is 0 Å². The van der Waals surface area contributed by atoms with Crippen molar-refractivity contribution in [1.29, 1.82) is 0 Å². The maximum absolute atomic E-state index is 10.8. The zero-order valence-electron chi connectivity index (χ0n) is 6.11. The van der Waals surface area contributed by atoms with Gasteiger partial charge in [-0.3, -0.25) is 0 Å². The molecule has 0 saturated carbocycles. The lowest BCUT2D eigenvalue weighted by Gasteiger charge is -2.25. The number of thiocarbonyl (C=S) groups is 1. The molecule has 1 heterocycles. The summed E-state index contributed by atoms with van der Waals surface area (Å²) in [6.45, 7) is 0. The molecule has 0 aliphatic carbocycles. The van der Waals surface area contributed by atoms with Crippen molar-refractivity contribution in [2.75, 3.05) is 0 Å². The van der Waals surface area contributed by atoms with E-state index in [-0.39, 0.29) is 6.04 Å². The second-order valence-electron chi connectivity index (χ2n) is 2.49. The molecule has 3 N–H and O–H groups in total. The predicted molar refractivity (Wildman–Crippen MR) is 45.2 cm³/mol. The average molecular weight is 188 g/mol. The number of hydrogen-bond acceptors (Lipinski definition) is 3. The third-order valence-corrected chi connectivity index (χ3v) is 1.90. The molecule has 1 aliphatic rings. The molecule has 2 atom stereocenters. The molecule has 0 radical (unpaired) electrons. The minimum absolute atomic E-state index is 0.296. The highest BCUT2D eigenvalue weighted by molar-refractivity contribution is 7.79. The van der Waals surface area contributed by atoms with Gasteiger partial charge in [-0.1, -0.05) is 12.2 Å². The van der Waals surface area contributed by atoms with Gasteiger partial charge in [0.05, 0.1) is 6.04 Å². The Morgan fingerprint density at radius 2 is 2.33 bits per heavy atom. The maximum atomic E-state index is 10.8. The molecule has 1 aliphatic heterocycles. The van der Waals surface area contributed by atoms with Crippen LogP contribution < -0.4 is 10.6 Å². The number of carbonyl (C=O) groups is 2. The van der Waals surface area contributed by atoms with Gasteiger partial charge in [-0.2, -0.15) is 0 Å². The second-order valence-corrected chi connectivity index (χ2v) is 2.76. The fraction of sp³-hybridized carbons (Fsp3) is 0.500. The zero-order valence-corrected chi connectivity index (χ0v) is 6.93. The molecule has 0 spiro atoms. The van der Waals surface area contributed by atoms with Crippen molar-refractivity contribution in [2.24, 2.45) is 0 Å². The Morgan fingerprint density at radius 1 is 1.67 bits per heavy atom. The van der Waals surface area contributed by atoms with Gasteiger partial charge in [-0.05, 0) is 0 Å². The first-order chi connectivity index (χ1) is 5.63. The number of rotatable bonds is 2. The van der Waals surface area contributed by atoms with Crippen LogP contribution in [-0.4, -0.2) is 34.6 Å². The van der Waals surface area contributed by atoms with Crippen LogP contribution in [-0.2, 0) is 4.79 Å². The topological polar surface area (TPSA) is 78.4 Å².